The number of nitrogens with zero attached hydrogens (tertiary/aromatic N) is 2. The van der Waals surface area contributed by atoms with Gasteiger partial charge in [-0.3, -0.25) is 5.32 Å². The smallest absolute Gasteiger partial charge is 0.324 e. The van der Waals surface area contributed by atoms with E-state index in [1.54, 1.807) is 12.1 Å². The van der Waals surface area contributed by atoms with Crippen LogP contribution >= 0.6 is 0 Å². The van der Waals surface area contributed by atoms with Crippen LogP contribution in [0.25, 0.3) is 0 Å². The van der Waals surface area contributed by atoms with Crippen LogP contribution in [-0.2, 0) is 13.0 Å². The second-order valence-corrected chi connectivity index (χ2v) is 6.60. The van der Waals surface area contributed by atoms with Crippen LogP contribution < -0.4 is 26.4 Å². The fourth-order valence-corrected chi connectivity index (χ4v) is 2.79. The van der Waals surface area contributed by atoms with Crippen molar-refractivity contribution in [3.63, 3.8) is 0 Å². The third-order valence-electron chi connectivity index (χ3n) is 4.35. The molecule has 0 aliphatic rings. The van der Waals surface area contributed by atoms with Crippen molar-refractivity contribution in [2.24, 2.45) is 0 Å². The van der Waals surface area contributed by atoms with Crippen molar-refractivity contribution in [2.75, 3.05) is 30.0 Å². The molecule has 0 atom stereocenters. The lowest BCUT2D eigenvalue weighted by Crippen LogP contribution is -2.21. The molecule has 3 rings (SSSR count). The molecule has 5 N–H and O–H groups in total. The zero-order valence-corrected chi connectivity index (χ0v) is 16.8. The number of amides is 2. The van der Waals surface area contributed by atoms with Crippen molar-refractivity contribution in [2.45, 2.75) is 13.0 Å². The van der Waals surface area contributed by atoms with Gasteiger partial charge in [-0.2, -0.15) is 0 Å². The van der Waals surface area contributed by atoms with Gasteiger partial charge in [0.1, 0.15) is 23.2 Å². The van der Waals surface area contributed by atoms with E-state index >= 15 is 0 Å². The molecule has 3 aromatic rings. The number of halogens is 2. The quantitative estimate of drug-likeness (QED) is 0.409. The first-order valence-electron chi connectivity index (χ1n) is 9.41. The summed E-state index contributed by atoms with van der Waals surface area (Å²) >= 11 is 0. The van der Waals surface area contributed by atoms with Gasteiger partial charge in [0.2, 0.25) is 0 Å². The van der Waals surface area contributed by atoms with E-state index in [1.807, 2.05) is 6.07 Å². The minimum atomic E-state index is -0.600. The number of carbonyl (C=O) groups is 1. The van der Waals surface area contributed by atoms with E-state index in [2.05, 4.69) is 25.9 Å². The molecule has 8 nitrogen and oxygen atoms in total. The molecular formula is C21H22F2N6O2. The highest BCUT2D eigenvalue weighted by Gasteiger charge is 2.10. The highest BCUT2D eigenvalue weighted by molar-refractivity contribution is 6.00. The van der Waals surface area contributed by atoms with Gasteiger partial charge in [-0.1, -0.05) is 12.1 Å². The van der Waals surface area contributed by atoms with E-state index in [0.717, 1.165) is 11.6 Å². The normalized spacial score (nSPS) is 10.5. The van der Waals surface area contributed by atoms with Gasteiger partial charge < -0.3 is 21.1 Å². The Balaban J connectivity index is 1.52. The largest absolute Gasteiger partial charge is 0.495 e. The second-order valence-electron chi connectivity index (χ2n) is 6.60. The number of aromatic nitrogens is 2. The summed E-state index contributed by atoms with van der Waals surface area (Å²) in [7, 11) is 1.50. The van der Waals surface area contributed by atoms with Crippen LogP contribution in [0.3, 0.4) is 0 Å². The molecule has 0 radical (unpaired) electrons. The van der Waals surface area contributed by atoms with Gasteiger partial charge in [0.05, 0.1) is 25.2 Å². The number of hydrogen-bond donors (Lipinski definition) is 4. The summed E-state index contributed by atoms with van der Waals surface area (Å²) in [6.45, 7) is 0.861. The maximum Gasteiger partial charge on any atom is 0.324 e. The Bertz CT molecular complexity index is 1050. The maximum absolute atomic E-state index is 13.7. The molecule has 2 aromatic carbocycles. The van der Waals surface area contributed by atoms with Gasteiger partial charge in [-0.15, -0.1) is 0 Å². The van der Waals surface area contributed by atoms with Crippen molar-refractivity contribution in [3.8, 4) is 5.75 Å². The molecule has 0 saturated heterocycles. The molecule has 162 valence electrons. The van der Waals surface area contributed by atoms with E-state index in [9.17, 15) is 13.6 Å². The van der Waals surface area contributed by atoms with Crippen molar-refractivity contribution < 1.29 is 18.3 Å². The summed E-state index contributed by atoms with van der Waals surface area (Å²) in [5.74, 6) is -0.183. The summed E-state index contributed by atoms with van der Waals surface area (Å²) in [6.07, 6.45) is 3.33. The molecule has 10 heteroatoms. The average Bonchev–Trinajstić information content (AvgIpc) is 2.75. The van der Waals surface area contributed by atoms with E-state index in [0.29, 0.717) is 30.0 Å². The lowest BCUT2D eigenvalue weighted by atomic mass is 10.1. The minimum Gasteiger partial charge on any atom is -0.495 e. The van der Waals surface area contributed by atoms with Crippen LogP contribution in [0.1, 0.15) is 11.1 Å². The number of nitrogens with one attached hydrogen (secondary N) is 3. The summed E-state index contributed by atoms with van der Waals surface area (Å²) in [6, 6.07) is 8.38. The molecule has 0 bridgehead atoms. The van der Waals surface area contributed by atoms with Gasteiger partial charge in [0.15, 0.2) is 5.82 Å². The number of nitrogens with two attached hydrogens (primary N) is 1. The van der Waals surface area contributed by atoms with Crippen molar-refractivity contribution in [3.05, 3.63) is 71.6 Å². The molecule has 0 saturated carbocycles. The Morgan fingerprint density at radius 3 is 2.65 bits per heavy atom. The van der Waals surface area contributed by atoms with Crippen molar-refractivity contribution >= 4 is 23.4 Å². The lowest BCUT2D eigenvalue weighted by Gasteiger charge is -2.13. The first-order chi connectivity index (χ1) is 14.9. The Labute approximate surface area is 177 Å². The maximum atomic E-state index is 13.7. The first kappa shape index (κ1) is 21.9. The van der Waals surface area contributed by atoms with Crippen molar-refractivity contribution in [1.29, 1.82) is 0 Å². The van der Waals surface area contributed by atoms with Crippen molar-refractivity contribution in [1.82, 2.24) is 15.3 Å². The van der Waals surface area contributed by atoms with Gasteiger partial charge in [-0.25, -0.2) is 23.5 Å². The fraction of sp³-hybridized carbons (Fsp3) is 0.190. The van der Waals surface area contributed by atoms with Crippen LogP contribution in [0.2, 0.25) is 0 Å². The minimum absolute atomic E-state index is 0.250. The van der Waals surface area contributed by atoms with Crippen LogP contribution in [0.4, 0.5) is 30.9 Å². The fourth-order valence-electron chi connectivity index (χ4n) is 2.79. The van der Waals surface area contributed by atoms with E-state index in [-0.39, 0.29) is 18.2 Å². The zero-order valence-electron chi connectivity index (χ0n) is 16.8. The van der Waals surface area contributed by atoms with Gasteiger partial charge in [0, 0.05) is 18.2 Å². The zero-order chi connectivity index (χ0) is 22.2. The van der Waals surface area contributed by atoms with Crippen LogP contribution in [0.15, 0.2) is 48.8 Å². The Morgan fingerprint density at radius 1 is 1.10 bits per heavy atom. The number of hydrogen-bond acceptors (Lipinski definition) is 6. The SMILES string of the molecule is COc1cc(CCNCc2ccc(F)cc2F)ccc1NC(=O)Nc1cnc(N)cn1. The summed E-state index contributed by atoms with van der Waals surface area (Å²) in [5.41, 5.74) is 7.30. The van der Waals surface area contributed by atoms with Crippen LogP contribution in [0.5, 0.6) is 5.75 Å². The number of nitrogen functional groups attached to an aromatic ring is 1. The Kier molecular flexibility index (Phi) is 7.28. The van der Waals surface area contributed by atoms with Crippen LogP contribution in [0, 0.1) is 11.6 Å². The standard InChI is InChI=1S/C21H22F2N6O2/c1-31-18-8-13(6-7-25-10-14-3-4-15(22)9-16(14)23)2-5-17(18)28-21(30)29-20-12-26-19(24)11-27-20/h2-5,8-9,11-12,25H,6-7,10H2,1H3,(H2,24,26)(H2,27,28,29,30). The molecule has 1 heterocycles. The number of benzene rings is 2. The Morgan fingerprint density at radius 2 is 1.94 bits per heavy atom. The van der Waals surface area contributed by atoms with Gasteiger partial charge >= 0.3 is 6.03 Å². The monoisotopic (exact) mass is 428 g/mol. The van der Waals surface area contributed by atoms with Gasteiger partial charge in [-0.05, 0) is 36.7 Å². The number of carbonyl (C=O) groups excluding carboxylic acids is 1. The molecule has 31 heavy (non-hydrogen) atoms. The molecule has 0 fully saturated rings. The third kappa shape index (κ3) is 6.34. The highest BCUT2D eigenvalue weighted by Crippen LogP contribution is 2.26. The summed E-state index contributed by atoms with van der Waals surface area (Å²) in [4.78, 5) is 20.0. The summed E-state index contributed by atoms with van der Waals surface area (Å²) in [5, 5.41) is 8.36. The topological polar surface area (TPSA) is 114 Å². The predicted octanol–water partition coefficient (Wildman–Crippen LogP) is 3.32. The van der Waals surface area contributed by atoms with Gasteiger partial charge in [0.25, 0.3) is 0 Å². The number of ether oxygens (including phenoxy) is 1. The molecule has 2 amide bonds. The molecule has 0 aliphatic heterocycles. The van der Waals surface area contributed by atoms with E-state index in [1.165, 1.54) is 31.6 Å². The predicted molar refractivity (Wildman–Crippen MR) is 114 cm³/mol. The molecular weight excluding hydrogens is 406 g/mol. The van der Waals surface area contributed by atoms with E-state index in [4.69, 9.17) is 10.5 Å². The number of methoxy groups -OCH3 is 1. The first-order valence-corrected chi connectivity index (χ1v) is 9.41. The van der Waals surface area contributed by atoms with Crippen LogP contribution in [-0.4, -0.2) is 29.7 Å². The molecule has 0 unspecified atom stereocenters. The number of urea groups is 1. The third-order valence-corrected chi connectivity index (χ3v) is 4.35. The van der Waals surface area contributed by atoms with E-state index < -0.39 is 17.7 Å². The molecule has 1 aromatic heterocycles. The second kappa shape index (κ2) is 10.3. The number of rotatable bonds is 8. The average molecular weight is 428 g/mol. The highest BCUT2D eigenvalue weighted by atomic mass is 19.1. The summed E-state index contributed by atoms with van der Waals surface area (Å²) < 4.78 is 32.0. The molecule has 0 aliphatic carbocycles. The lowest BCUT2D eigenvalue weighted by molar-refractivity contribution is 0.262. The Hall–Kier alpha value is -3.79. The number of anilines is 3. The molecule has 0 spiro atoms.